The minimum absolute atomic E-state index is 0.170. The first-order valence-electron chi connectivity index (χ1n) is 5.83. The predicted molar refractivity (Wildman–Crippen MR) is 66.3 cm³/mol. The van der Waals surface area contributed by atoms with Crippen LogP contribution in [0.3, 0.4) is 0 Å². The number of rotatable bonds is 2. The molecule has 1 aromatic heterocycles. The van der Waals surface area contributed by atoms with Crippen molar-refractivity contribution in [1.82, 2.24) is 10.3 Å². The van der Waals surface area contributed by atoms with Crippen LogP contribution < -0.4 is 10.1 Å². The molecular formula is C13H16N2O2. The van der Waals surface area contributed by atoms with Gasteiger partial charge in [-0.1, -0.05) is 0 Å². The lowest BCUT2D eigenvalue weighted by Gasteiger charge is -2.22. The molecule has 1 aromatic carbocycles. The van der Waals surface area contributed by atoms with Crippen molar-refractivity contribution < 1.29 is 9.84 Å². The zero-order chi connectivity index (χ0) is 11.8. The number of methoxy groups -OCH3 is 1. The van der Waals surface area contributed by atoms with E-state index in [0.29, 0.717) is 0 Å². The fraction of sp³-hybridized carbons (Fsp3) is 0.385. The van der Waals surface area contributed by atoms with Gasteiger partial charge in [0.2, 0.25) is 0 Å². The van der Waals surface area contributed by atoms with Crippen LogP contribution in [0.1, 0.15) is 11.3 Å². The first-order valence-corrected chi connectivity index (χ1v) is 5.83. The topological polar surface area (TPSA) is 57.3 Å². The fourth-order valence-electron chi connectivity index (χ4n) is 2.50. The number of H-pyrrole nitrogens is 1. The third-order valence-electron chi connectivity index (χ3n) is 3.44. The highest BCUT2D eigenvalue weighted by atomic mass is 16.5. The summed E-state index contributed by atoms with van der Waals surface area (Å²) in [6.07, 6.45) is 0.873. The van der Waals surface area contributed by atoms with Gasteiger partial charge in [0.1, 0.15) is 5.75 Å². The second kappa shape index (κ2) is 4.05. The molecule has 4 nitrogen and oxygen atoms in total. The molecule has 0 saturated heterocycles. The van der Waals surface area contributed by atoms with Crippen LogP contribution in [0.2, 0.25) is 0 Å². The molecule has 2 aromatic rings. The third-order valence-corrected chi connectivity index (χ3v) is 3.44. The summed E-state index contributed by atoms with van der Waals surface area (Å²) in [5.41, 5.74) is 3.65. The molecule has 0 fully saturated rings. The van der Waals surface area contributed by atoms with Crippen molar-refractivity contribution in [3.63, 3.8) is 0 Å². The molecule has 4 heteroatoms. The Balaban J connectivity index is 2.09. The number of ether oxygens (including phenoxy) is 1. The Morgan fingerprint density at radius 3 is 3.12 bits per heavy atom. The molecule has 0 aliphatic carbocycles. The number of hydrogen-bond acceptors (Lipinski definition) is 3. The maximum atomic E-state index is 9.22. The number of aromatic amines is 1. The highest BCUT2D eigenvalue weighted by Crippen LogP contribution is 2.29. The molecule has 1 aliphatic heterocycles. The summed E-state index contributed by atoms with van der Waals surface area (Å²) in [5.74, 6) is 0.864. The van der Waals surface area contributed by atoms with Crippen molar-refractivity contribution in [1.29, 1.82) is 0 Å². The molecule has 3 rings (SSSR count). The Morgan fingerprint density at radius 2 is 2.35 bits per heavy atom. The van der Waals surface area contributed by atoms with E-state index in [1.165, 1.54) is 16.6 Å². The average molecular weight is 232 g/mol. The van der Waals surface area contributed by atoms with Crippen molar-refractivity contribution in [2.24, 2.45) is 0 Å². The number of aromatic nitrogens is 1. The minimum Gasteiger partial charge on any atom is -0.497 e. The van der Waals surface area contributed by atoms with Crippen molar-refractivity contribution in [3.8, 4) is 5.75 Å². The summed E-state index contributed by atoms with van der Waals surface area (Å²) in [4.78, 5) is 3.41. The van der Waals surface area contributed by atoms with Gasteiger partial charge in [0.25, 0.3) is 0 Å². The minimum atomic E-state index is 0.170. The summed E-state index contributed by atoms with van der Waals surface area (Å²) in [6, 6.07) is 6.25. The predicted octanol–water partition coefficient (Wildman–Crippen LogP) is 1.18. The van der Waals surface area contributed by atoms with E-state index < -0.39 is 0 Å². The van der Waals surface area contributed by atoms with E-state index in [2.05, 4.69) is 16.4 Å². The molecule has 3 N–H and O–H groups in total. The maximum Gasteiger partial charge on any atom is 0.120 e. The Morgan fingerprint density at radius 1 is 1.47 bits per heavy atom. The molecule has 0 amide bonds. The average Bonchev–Trinajstić information content (AvgIpc) is 2.74. The molecule has 1 unspecified atom stereocenters. The second-order valence-electron chi connectivity index (χ2n) is 4.46. The molecule has 90 valence electrons. The van der Waals surface area contributed by atoms with Gasteiger partial charge in [-0.3, -0.25) is 0 Å². The van der Waals surface area contributed by atoms with Crippen LogP contribution in [0.15, 0.2) is 18.2 Å². The number of aliphatic hydroxyl groups excluding tert-OH is 1. The molecule has 0 spiro atoms. The van der Waals surface area contributed by atoms with Crippen LogP contribution in [-0.2, 0) is 13.0 Å². The number of hydrogen-bond donors (Lipinski definition) is 3. The SMILES string of the molecule is COc1ccc2c3c([nH]c2c1)CNC(CO)C3. The van der Waals surface area contributed by atoms with Gasteiger partial charge in [-0.05, 0) is 24.1 Å². The van der Waals surface area contributed by atoms with Gasteiger partial charge < -0.3 is 20.1 Å². The monoisotopic (exact) mass is 232 g/mol. The molecule has 0 radical (unpaired) electrons. The summed E-state index contributed by atoms with van der Waals surface area (Å²) >= 11 is 0. The lowest BCUT2D eigenvalue weighted by Crippen LogP contribution is -2.37. The molecular weight excluding hydrogens is 216 g/mol. The largest absolute Gasteiger partial charge is 0.497 e. The van der Waals surface area contributed by atoms with Crippen LogP contribution in [0, 0.1) is 0 Å². The quantitative estimate of drug-likeness (QED) is 0.729. The first-order chi connectivity index (χ1) is 8.31. The lowest BCUT2D eigenvalue weighted by molar-refractivity contribution is 0.235. The fourth-order valence-corrected chi connectivity index (χ4v) is 2.50. The van der Waals surface area contributed by atoms with E-state index in [1.54, 1.807) is 7.11 Å². The summed E-state index contributed by atoms with van der Waals surface area (Å²) in [7, 11) is 1.67. The zero-order valence-electron chi connectivity index (χ0n) is 9.79. The highest BCUT2D eigenvalue weighted by molar-refractivity contribution is 5.86. The number of benzene rings is 1. The van der Waals surface area contributed by atoms with Crippen LogP contribution in [-0.4, -0.2) is 29.8 Å². The van der Waals surface area contributed by atoms with Crippen molar-refractivity contribution in [3.05, 3.63) is 29.5 Å². The summed E-state index contributed by atoms with van der Waals surface area (Å²) in [6.45, 7) is 0.972. The maximum absolute atomic E-state index is 9.22. The van der Waals surface area contributed by atoms with Gasteiger partial charge in [-0.2, -0.15) is 0 Å². The molecule has 17 heavy (non-hydrogen) atoms. The van der Waals surface area contributed by atoms with Gasteiger partial charge in [-0.15, -0.1) is 0 Å². The second-order valence-corrected chi connectivity index (χ2v) is 4.46. The molecule has 2 heterocycles. The van der Waals surface area contributed by atoms with Gasteiger partial charge >= 0.3 is 0 Å². The Hall–Kier alpha value is -1.52. The van der Waals surface area contributed by atoms with E-state index in [1.807, 2.05) is 12.1 Å². The third kappa shape index (κ3) is 1.69. The van der Waals surface area contributed by atoms with Gasteiger partial charge in [0.05, 0.1) is 13.7 Å². The molecule has 0 saturated carbocycles. The van der Waals surface area contributed by atoms with E-state index in [4.69, 9.17) is 4.74 Å². The van der Waals surface area contributed by atoms with Gasteiger partial charge in [-0.25, -0.2) is 0 Å². The van der Waals surface area contributed by atoms with Crippen molar-refractivity contribution in [2.75, 3.05) is 13.7 Å². The lowest BCUT2D eigenvalue weighted by atomic mass is 9.99. The van der Waals surface area contributed by atoms with Crippen molar-refractivity contribution in [2.45, 2.75) is 19.0 Å². The standard InChI is InChI=1S/C13H16N2O2/c1-17-9-2-3-10-11-4-8(7-16)14-6-13(11)15-12(10)5-9/h2-3,5,8,14-16H,4,6-7H2,1H3. The zero-order valence-corrected chi connectivity index (χ0v) is 9.79. The molecule has 0 bridgehead atoms. The van der Waals surface area contributed by atoms with Gasteiger partial charge in [0, 0.05) is 35.2 Å². The van der Waals surface area contributed by atoms with Crippen molar-refractivity contribution >= 4 is 10.9 Å². The van der Waals surface area contributed by atoms with Gasteiger partial charge in [0.15, 0.2) is 0 Å². The van der Waals surface area contributed by atoms with E-state index >= 15 is 0 Å². The molecule has 1 atom stereocenters. The van der Waals surface area contributed by atoms with E-state index in [-0.39, 0.29) is 12.6 Å². The smallest absolute Gasteiger partial charge is 0.120 e. The van der Waals surface area contributed by atoms with E-state index in [9.17, 15) is 5.11 Å². The van der Waals surface area contributed by atoms with Crippen LogP contribution in [0.4, 0.5) is 0 Å². The number of aliphatic hydroxyl groups is 1. The van der Waals surface area contributed by atoms with Crippen LogP contribution in [0.25, 0.3) is 10.9 Å². The first kappa shape index (κ1) is 10.6. The normalized spacial score (nSPS) is 19.3. The number of fused-ring (bicyclic) bond motifs is 3. The highest BCUT2D eigenvalue weighted by Gasteiger charge is 2.21. The molecule has 1 aliphatic rings. The van der Waals surface area contributed by atoms with Crippen LogP contribution in [0.5, 0.6) is 5.75 Å². The summed E-state index contributed by atoms with van der Waals surface area (Å²) < 4.78 is 5.22. The summed E-state index contributed by atoms with van der Waals surface area (Å²) in [5, 5.41) is 13.8. The Labute approximate surface area is 99.6 Å². The number of nitrogens with one attached hydrogen (secondary N) is 2. The Kier molecular flexibility index (Phi) is 2.53. The van der Waals surface area contributed by atoms with Crippen LogP contribution >= 0.6 is 0 Å². The Bertz CT molecular complexity index is 548. The van der Waals surface area contributed by atoms with E-state index in [0.717, 1.165) is 24.2 Å².